The molecular formula is C13H16F2N2O. The van der Waals surface area contributed by atoms with Gasteiger partial charge in [0.2, 0.25) is 11.8 Å². The van der Waals surface area contributed by atoms with Crippen molar-refractivity contribution in [1.82, 2.24) is 10.3 Å². The predicted octanol–water partition coefficient (Wildman–Crippen LogP) is 2.44. The highest BCUT2D eigenvalue weighted by Gasteiger charge is 2.42. The maximum Gasteiger partial charge on any atom is 0.248 e. The van der Waals surface area contributed by atoms with Crippen LogP contribution in [0.5, 0.6) is 0 Å². The van der Waals surface area contributed by atoms with E-state index in [0.717, 1.165) is 11.3 Å². The van der Waals surface area contributed by atoms with Crippen molar-refractivity contribution in [1.29, 1.82) is 0 Å². The lowest BCUT2D eigenvalue weighted by molar-refractivity contribution is -0.125. The summed E-state index contributed by atoms with van der Waals surface area (Å²) in [5.41, 5.74) is 1.78. The summed E-state index contributed by atoms with van der Waals surface area (Å²) in [5, 5.41) is 2.69. The van der Waals surface area contributed by atoms with Crippen molar-refractivity contribution in [3.05, 3.63) is 29.6 Å². The van der Waals surface area contributed by atoms with Gasteiger partial charge in [-0.15, -0.1) is 0 Å². The molecule has 2 rings (SSSR count). The minimum absolute atomic E-state index is 0.183. The Morgan fingerprint density at radius 1 is 1.56 bits per heavy atom. The molecule has 0 spiro atoms. The summed E-state index contributed by atoms with van der Waals surface area (Å²) in [7, 11) is 0. The van der Waals surface area contributed by atoms with Gasteiger partial charge in [0, 0.05) is 37.2 Å². The summed E-state index contributed by atoms with van der Waals surface area (Å²) in [5.74, 6) is -3.51. The topological polar surface area (TPSA) is 42.0 Å². The molecule has 1 aliphatic carbocycles. The van der Waals surface area contributed by atoms with Gasteiger partial charge in [0.1, 0.15) is 0 Å². The van der Waals surface area contributed by atoms with E-state index in [0.29, 0.717) is 6.54 Å². The van der Waals surface area contributed by atoms with Crippen LogP contribution in [0.3, 0.4) is 0 Å². The fourth-order valence-electron chi connectivity index (χ4n) is 2.11. The van der Waals surface area contributed by atoms with Crippen molar-refractivity contribution in [2.75, 3.05) is 0 Å². The molecule has 1 aromatic heterocycles. The van der Waals surface area contributed by atoms with Crippen LogP contribution in [0.25, 0.3) is 0 Å². The minimum Gasteiger partial charge on any atom is -0.352 e. The van der Waals surface area contributed by atoms with E-state index in [-0.39, 0.29) is 25.2 Å². The minimum atomic E-state index is -2.67. The second kappa shape index (κ2) is 5.00. The fourth-order valence-corrected chi connectivity index (χ4v) is 2.11. The van der Waals surface area contributed by atoms with Crippen molar-refractivity contribution in [2.45, 2.75) is 38.7 Å². The maximum absolute atomic E-state index is 13.0. The first-order valence-electron chi connectivity index (χ1n) is 6.03. The second-order valence-corrected chi connectivity index (χ2v) is 4.82. The molecule has 1 N–H and O–H groups in total. The number of hydrogen-bond donors (Lipinski definition) is 1. The first kappa shape index (κ1) is 12.9. The lowest BCUT2D eigenvalue weighted by Gasteiger charge is -2.11. The Hall–Kier alpha value is -1.52. The van der Waals surface area contributed by atoms with Gasteiger partial charge in [-0.05, 0) is 25.0 Å². The van der Waals surface area contributed by atoms with Crippen molar-refractivity contribution >= 4 is 5.91 Å². The zero-order valence-corrected chi connectivity index (χ0v) is 10.2. The van der Waals surface area contributed by atoms with E-state index in [4.69, 9.17) is 0 Å². The first-order valence-corrected chi connectivity index (χ1v) is 6.03. The average Bonchev–Trinajstić information content (AvgIpc) is 2.69. The highest BCUT2D eigenvalue weighted by atomic mass is 19.3. The summed E-state index contributed by atoms with van der Waals surface area (Å²) in [4.78, 5) is 15.8. The van der Waals surface area contributed by atoms with E-state index in [1.54, 1.807) is 6.20 Å². The number of rotatable bonds is 3. The van der Waals surface area contributed by atoms with Gasteiger partial charge >= 0.3 is 0 Å². The van der Waals surface area contributed by atoms with Gasteiger partial charge < -0.3 is 5.32 Å². The number of carbonyl (C=O) groups is 1. The fraction of sp³-hybridized carbons (Fsp3) is 0.538. The van der Waals surface area contributed by atoms with Gasteiger partial charge in [-0.3, -0.25) is 9.78 Å². The summed E-state index contributed by atoms with van der Waals surface area (Å²) in [6.07, 6.45) is 1.44. The van der Waals surface area contributed by atoms with Gasteiger partial charge in [0.15, 0.2) is 0 Å². The zero-order valence-electron chi connectivity index (χ0n) is 10.2. The number of aromatic nitrogens is 1. The Labute approximate surface area is 105 Å². The number of amides is 1. The van der Waals surface area contributed by atoms with Crippen molar-refractivity contribution < 1.29 is 13.6 Å². The van der Waals surface area contributed by atoms with E-state index in [2.05, 4.69) is 10.3 Å². The molecule has 18 heavy (non-hydrogen) atoms. The number of carbonyl (C=O) groups excluding carboxylic acids is 1. The summed E-state index contributed by atoms with van der Waals surface area (Å²) >= 11 is 0. The van der Waals surface area contributed by atoms with Crippen LogP contribution in [-0.2, 0) is 11.3 Å². The normalized spacial score (nSPS) is 21.8. The van der Waals surface area contributed by atoms with Gasteiger partial charge in [-0.25, -0.2) is 8.78 Å². The lowest BCUT2D eigenvalue weighted by Crippen LogP contribution is -2.29. The van der Waals surface area contributed by atoms with Crippen LogP contribution in [0.2, 0.25) is 0 Å². The number of alkyl halides is 2. The Morgan fingerprint density at radius 3 is 2.89 bits per heavy atom. The van der Waals surface area contributed by atoms with Crippen molar-refractivity contribution in [2.24, 2.45) is 5.92 Å². The molecule has 1 atom stereocenters. The monoisotopic (exact) mass is 254 g/mol. The molecule has 3 nitrogen and oxygen atoms in total. The molecule has 0 aliphatic heterocycles. The molecule has 1 amide bonds. The zero-order chi connectivity index (χ0) is 13.2. The van der Waals surface area contributed by atoms with E-state index in [1.165, 1.54) is 0 Å². The average molecular weight is 254 g/mol. The molecule has 1 heterocycles. The van der Waals surface area contributed by atoms with Crippen LogP contribution in [0.4, 0.5) is 8.78 Å². The molecule has 0 unspecified atom stereocenters. The van der Waals surface area contributed by atoms with Crippen LogP contribution in [0.1, 0.15) is 30.5 Å². The summed E-state index contributed by atoms with van der Waals surface area (Å²) < 4.78 is 25.9. The molecule has 0 radical (unpaired) electrons. The third-order valence-electron chi connectivity index (χ3n) is 3.21. The standard InChI is InChI=1S/C13H16F2N2O/c1-9-2-3-10(7-16-9)8-17-12(18)11-4-5-13(14,15)6-11/h2-3,7,11H,4-6,8H2,1H3,(H,17,18)/t11-/m1/s1. The third-order valence-corrected chi connectivity index (χ3v) is 3.21. The van der Waals surface area contributed by atoms with Gasteiger partial charge in [0.05, 0.1) is 0 Å². The quantitative estimate of drug-likeness (QED) is 0.900. The summed E-state index contributed by atoms with van der Waals surface area (Å²) in [6, 6.07) is 3.72. The smallest absolute Gasteiger partial charge is 0.248 e. The number of halogens is 2. The second-order valence-electron chi connectivity index (χ2n) is 4.82. The number of hydrogen-bond acceptors (Lipinski definition) is 2. The van der Waals surface area contributed by atoms with Crippen LogP contribution in [0.15, 0.2) is 18.3 Å². The summed E-state index contributed by atoms with van der Waals surface area (Å²) in [6.45, 7) is 2.22. The first-order chi connectivity index (χ1) is 8.46. The van der Waals surface area contributed by atoms with E-state index >= 15 is 0 Å². The third kappa shape index (κ3) is 3.24. The molecule has 0 aromatic carbocycles. The molecule has 1 aliphatic rings. The van der Waals surface area contributed by atoms with Crippen LogP contribution >= 0.6 is 0 Å². The lowest BCUT2D eigenvalue weighted by atomic mass is 10.1. The van der Waals surface area contributed by atoms with Crippen LogP contribution in [-0.4, -0.2) is 16.8 Å². The number of pyridine rings is 1. The van der Waals surface area contributed by atoms with Gasteiger partial charge in [-0.1, -0.05) is 6.07 Å². The molecule has 5 heteroatoms. The Morgan fingerprint density at radius 2 is 2.33 bits per heavy atom. The van der Waals surface area contributed by atoms with E-state index in [9.17, 15) is 13.6 Å². The molecule has 1 aromatic rings. The molecule has 0 saturated heterocycles. The van der Waals surface area contributed by atoms with Crippen molar-refractivity contribution in [3.8, 4) is 0 Å². The largest absolute Gasteiger partial charge is 0.352 e. The van der Waals surface area contributed by atoms with Gasteiger partial charge in [0.25, 0.3) is 0 Å². The van der Waals surface area contributed by atoms with Crippen LogP contribution in [0, 0.1) is 12.8 Å². The van der Waals surface area contributed by atoms with E-state index < -0.39 is 11.8 Å². The molecule has 0 bridgehead atoms. The molecule has 98 valence electrons. The highest BCUT2D eigenvalue weighted by Crippen LogP contribution is 2.38. The van der Waals surface area contributed by atoms with Crippen molar-refractivity contribution in [3.63, 3.8) is 0 Å². The number of nitrogens with one attached hydrogen (secondary N) is 1. The number of aryl methyl sites for hydroxylation is 1. The van der Waals surface area contributed by atoms with Crippen LogP contribution < -0.4 is 5.32 Å². The Balaban J connectivity index is 1.84. The van der Waals surface area contributed by atoms with Gasteiger partial charge in [-0.2, -0.15) is 0 Å². The van der Waals surface area contributed by atoms with E-state index in [1.807, 2.05) is 19.1 Å². The highest BCUT2D eigenvalue weighted by molar-refractivity contribution is 5.79. The molecule has 1 fully saturated rings. The Kier molecular flexibility index (Phi) is 3.59. The maximum atomic E-state index is 13.0. The SMILES string of the molecule is Cc1ccc(CNC(=O)[C@@H]2CCC(F)(F)C2)cn1. The predicted molar refractivity (Wildman–Crippen MR) is 63.1 cm³/mol. The number of nitrogens with zero attached hydrogens (tertiary/aromatic N) is 1. The molecule has 1 saturated carbocycles. The Bertz CT molecular complexity index is 431. The molecular weight excluding hydrogens is 238 g/mol.